The highest BCUT2D eigenvalue weighted by molar-refractivity contribution is 5.81. The Bertz CT molecular complexity index is 153. The maximum absolute atomic E-state index is 10.6. The van der Waals surface area contributed by atoms with Gasteiger partial charge in [0.15, 0.2) is 11.9 Å². The van der Waals surface area contributed by atoms with E-state index in [0.29, 0.717) is 0 Å². The highest BCUT2D eigenvalue weighted by Gasteiger charge is 2.13. The molecule has 0 aliphatic rings. The van der Waals surface area contributed by atoms with Crippen molar-refractivity contribution in [1.29, 1.82) is 0 Å². The Morgan fingerprint density at radius 1 is 1.45 bits per heavy atom. The molecule has 0 aromatic rings. The molecular formula is C7H12O4. The number of Topliss-reactive ketones (excluding diaryl/α,β-unsaturated/α-hetero) is 1. The minimum absolute atomic E-state index is 0.196. The number of hydrogen-bond acceptors (Lipinski definition) is 4. The molecule has 0 aliphatic heterocycles. The van der Waals surface area contributed by atoms with E-state index in [9.17, 15) is 9.59 Å². The van der Waals surface area contributed by atoms with Crippen LogP contribution < -0.4 is 0 Å². The van der Waals surface area contributed by atoms with Crippen molar-refractivity contribution in [1.82, 2.24) is 0 Å². The summed E-state index contributed by atoms with van der Waals surface area (Å²) >= 11 is 0. The molecule has 0 aromatic heterocycles. The zero-order valence-electron chi connectivity index (χ0n) is 6.92. The third-order valence-corrected chi connectivity index (χ3v) is 1.11. The van der Waals surface area contributed by atoms with E-state index in [4.69, 9.17) is 0 Å². The normalized spacial score (nSPS) is 11.9. The van der Waals surface area contributed by atoms with Crippen LogP contribution >= 0.6 is 0 Å². The Hall–Kier alpha value is -1.06. The third-order valence-electron chi connectivity index (χ3n) is 1.11. The summed E-state index contributed by atoms with van der Waals surface area (Å²) in [7, 11) is 0. The minimum Gasteiger partial charge on any atom is -0.435 e. The van der Waals surface area contributed by atoms with Crippen LogP contribution in [0.5, 0.6) is 0 Å². The van der Waals surface area contributed by atoms with Crippen molar-refractivity contribution < 1.29 is 19.1 Å². The Morgan fingerprint density at radius 2 is 2.00 bits per heavy atom. The maximum Gasteiger partial charge on any atom is 0.508 e. The monoisotopic (exact) mass is 160 g/mol. The Labute approximate surface area is 65.5 Å². The lowest BCUT2D eigenvalue weighted by Gasteiger charge is -2.08. The molecule has 0 bridgehead atoms. The summed E-state index contributed by atoms with van der Waals surface area (Å²) < 4.78 is 8.99. The van der Waals surface area contributed by atoms with Crippen LogP contribution in [0.3, 0.4) is 0 Å². The first-order chi connectivity index (χ1) is 5.07. The van der Waals surface area contributed by atoms with Crippen LogP contribution in [-0.4, -0.2) is 24.6 Å². The molecule has 1 unspecified atom stereocenters. The molecule has 0 N–H and O–H groups in total. The van der Waals surface area contributed by atoms with E-state index >= 15 is 0 Å². The van der Waals surface area contributed by atoms with Crippen LogP contribution in [0.2, 0.25) is 0 Å². The molecule has 1 atom stereocenters. The third kappa shape index (κ3) is 4.36. The van der Waals surface area contributed by atoms with Crippen LogP contribution in [-0.2, 0) is 14.3 Å². The lowest BCUT2D eigenvalue weighted by molar-refractivity contribution is -0.125. The predicted molar refractivity (Wildman–Crippen MR) is 38.2 cm³/mol. The molecule has 0 saturated carbocycles. The Morgan fingerprint density at radius 3 is 2.36 bits per heavy atom. The second-order valence-corrected chi connectivity index (χ2v) is 2.05. The van der Waals surface area contributed by atoms with Gasteiger partial charge in [0, 0.05) is 0 Å². The van der Waals surface area contributed by atoms with Gasteiger partial charge in [-0.1, -0.05) is 0 Å². The van der Waals surface area contributed by atoms with Gasteiger partial charge in [-0.25, -0.2) is 4.79 Å². The van der Waals surface area contributed by atoms with Gasteiger partial charge in [-0.15, -0.1) is 0 Å². The van der Waals surface area contributed by atoms with Crippen LogP contribution in [0, 0.1) is 0 Å². The van der Waals surface area contributed by atoms with Crippen molar-refractivity contribution in [2.24, 2.45) is 0 Å². The summed E-state index contributed by atoms with van der Waals surface area (Å²) in [6.45, 7) is 4.77. The molecule has 0 spiro atoms. The van der Waals surface area contributed by atoms with E-state index in [-0.39, 0.29) is 12.4 Å². The summed E-state index contributed by atoms with van der Waals surface area (Å²) in [4.78, 5) is 21.1. The molecule has 0 aromatic carbocycles. The molecule has 4 nitrogen and oxygen atoms in total. The average molecular weight is 160 g/mol. The van der Waals surface area contributed by atoms with Crippen LogP contribution in [0.1, 0.15) is 20.8 Å². The number of carbonyl (C=O) groups is 2. The standard InChI is InChI=1S/C7H12O4/c1-4-10-7(9)11-6(3)5(2)8/h6H,4H2,1-3H3. The fraction of sp³-hybridized carbons (Fsp3) is 0.714. The van der Waals surface area contributed by atoms with Gasteiger partial charge in [-0.3, -0.25) is 4.79 Å². The van der Waals surface area contributed by atoms with E-state index in [2.05, 4.69) is 9.47 Å². The Balaban J connectivity index is 3.66. The molecule has 4 heteroatoms. The van der Waals surface area contributed by atoms with Crippen molar-refractivity contribution in [3.05, 3.63) is 0 Å². The number of rotatable bonds is 3. The largest absolute Gasteiger partial charge is 0.508 e. The zero-order valence-corrected chi connectivity index (χ0v) is 6.92. The second-order valence-electron chi connectivity index (χ2n) is 2.05. The Kier molecular flexibility index (Phi) is 4.26. The smallest absolute Gasteiger partial charge is 0.435 e. The predicted octanol–water partition coefficient (Wildman–Crippen LogP) is 1.14. The molecule has 0 radical (unpaired) electrons. The van der Waals surface area contributed by atoms with Gasteiger partial charge in [0.1, 0.15) is 0 Å². The molecule has 0 amide bonds. The summed E-state index contributed by atoms with van der Waals surface area (Å²) in [5, 5.41) is 0. The van der Waals surface area contributed by atoms with Gasteiger partial charge in [-0.2, -0.15) is 0 Å². The van der Waals surface area contributed by atoms with E-state index in [1.165, 1.54) is 13.8 Å². The number of ketones is 1. The highest BCUT2D eigenvalue weighted by Crippen LogP contribution is 1.94. The molecule has 0 rings (SSSR count). The summed E-state index contributed by atoms with van der Waals surface area (Å²) in [6.07, 6.45) is -1.51. The van der Waals surface area contributed by atoms with Crippen molar-refractivity contribution in [2.45, 2.75) is 26.9 Å². The van der Waals surface area contributed by atoms with Crippen molar-refractivity contribution in [2.75, 3.05) is 6.61 Å². The topological polar surface area (TPSA) is 52.6 Å². The minimum atomic E-state index is -0.796. The van der Waals surface area contributed by atoms with E-state index < -0.39 is 12.3 Å². The SMILES string of the molecule is CCOC(=O)OC(C)C(C)=O. The van der Waals surface area contributed by atoms with Crippen LogP contribution in [0.25, 0.3) is 0 Å². The first-order valence-electron chi connectivity index (χ1n) is 3.41. The van der Waals surface area contributed by atoms with Crippen molar-refractivity contribution in [3.8, 4) is 0 Å². The lowest BCUT2D eigenvalue weighted by Crippen LogP contribution is -2.22. The van der Waals surface area contributed by atoms with Gasteiger partial charge in [0.05, 0.1) is 6.61 Å². The summed E-state index contributed by atoms with van der Waals surface area (Å²) in [5.74, 6) is -0.196. The summed E-state index contributed by atoms with van der Waals surface area (Å²) in [6, 6.07) is 0. The number of carbonyl (C=O) groups excluding carboxylic acids is 2. The zero-order chi connectivity index (χ0) is 8.85. The maximum atomic E-state index is 10.6. The molecule has 64 valence electrons. The van der Waals surface area contributed by atoms with Gasteiger partial charge in [0.2, 0.25) is 0 Å². The fourth-order valence-corrected chi connectivity index (χ4v) is 0.379. The lowest BCUT2D eigenvalue weighted by atomic mass is 10.3. The van der Waals surface area contributed by atoms with Gasteiger partial charge in [-0.05, 0) is 20.8 Å². The molecule has 0 fully saturated rings. The first-order valence-corrected chi connectivity index (χ1v) is 3.41. The molecular weight excluding hydrogens is 148 g/mol. The van der Waals surface area contributed by atoms with Gasteiger partial charge < -0.3 is 9.47 Å². The van der Waals surface area contributed by atoms with E-state index in [1.807, 2.05) is 0 Å². The van der Waals surface area contributed by atoms with Gasteiger partial charge in [0.25, 0.3) is 0 Å². The first kappa shape index (κ1) is 9.94. The average Bonchev–Trinajstić information content (AvgIpc) is 1.87. The molecule has 11 heavy (non-hydrogen) atoms. The van der Waals surface area contributed by atoms with E-state index in [1.54, 1.807) is 6.92 Å². The number of hydrogen-bond donors (Lipinski definition) is 0. The summed E-state index contributed by atoms with van der Waals surface area (Å²) in [5.41, 5.74) is 0. The quantitative estimate of drug-likeness (QED) is 0.581. The van der Waals surface area contributed by atoms with Crippen LogP contribution in [0.15, 0.2) is 0 Å². The van der Waals surface area contributed by atoms with E-state index in [0.717, 1.165) is 0 Å². The van der Waals surface area contributed by atoms with Crippen LogP contribution in [0.4, 0.5) is 4.79 Å². The molecule has 0 heterocycles. The second kappa shape index (κ2) is 4.71. The molecule has 0 aliphatic carbocycles. The van der Waals surface area contributed by atoms with Crippen molar-refractivity contribution in [3.63, 3.8) is 0 Å². The van der Waals surface area contributed by atoms with Crippen molar-refractivity contribution >= 4 is 11.9 Å². The fourth-order valence-electron chi connectivity index (χ4n) is 0.379. The van der Waals surface area contributed by atoms with Gasteiger partial charge >= 0.3 is 6.16 Å². The highest BCUT2D eigenvalue weighted by atomic mass is 16.7. The molecule has 0 saturated heterocycles. The number of ether oxygens (including phenoxy) is 2.